The monoisotopic (exact) mass is 257 g/mol. The Kier molecular flexibility index (Phi) is 4.66. The van der Waals surface area contributed by atoms with Crippen molar-refractivity contribution in [2.75, 3.05) is 17.8 Å². The van der Waals surface area contributed by atoms with Gasteiger partial charge in [0.2, 0.25) is 5.89 Å². The molecular formula is C12H20ClN3O. The smallest absolute Gasteiger partial charge is 0.318 e. The summed E-state index contributed by atoms with van der Waals surface area (Å²) in [6, 6.07) is 1.18. The molecule has 1 aromatic heterocycles. The molecule has 1 aromatic rings. The van der Waals surface area contributed by atoms with E-state index in [-0.39, 0.29) is 0 Å². The maximum atomic E-state index is 5.65. The van der Waals surface area contributed by atoms with E-state index in [0.717, 1.165) is 0 Å². The van der Waals surface area contributed by atoms with E-state index in [9.17, 15) is 0 Å². The molecule has 17 heavy (non-hydrogen) atoms. The van der Waals surface area contributed by atoms with Crippen LogP contribution in [0.1, 0.15) is 44.4 Å². The number of halogens is 1. The van der Waals surface area contributed by atoms with Crippen molar-refractivity contribution in [2.45, 2.75) is 51.0 Å². The van der Waals surface area contributed by atoms with Crippen LogP contribution in [0.5, 0.6) is 0 Å². The molecule has 0 N–H and O–H groups in total. The number of aryl methyl sites for hydroxylation is 1. The lowest BCUT2D eigenvalue weighted by Gasteiger charge is -2.24. The first-order chi connectivity index (χ1) is 8.31. The number of alkyl halides is 1. The van der Waals surface area contributed by atoms with Gasteiger partial charge < -0.3 is 9.32 Å². The van der Waals surface area contributed by atoms with Crippen molar-refractivity contribution in [3.63, 3.8) is 0 Å². The highest BCUT2D eigenvalue weighted by Crippen LogP contribution is 2.24. The predicted molar refractivity (Wildman–Crippen MR) is 68.6 cm³/mol. The zero-order chi connectivity index (χ0) is 12.1. The zero-order valence-corrected chi connectivity index (χ0v) is 11.1. The van der Waals surface area contributed by atoms with Crippen molar-refractivity contribution in [2.24, 2.45) is 0 Å². The Balaban J connectivity index is 1.98. The quantitative estimate of drug-likeness (QED) is 0.614. The maximum absolute atomic E-state index is 5.65. The van der Waals surface area contributed by atoms with Crippen molar-refractivity contribution < 1.29 is 4.42 Å². The van der Waals surface area contributed by atoms with Crippen LogP contribution >= 0.6 is 11.6 Å². The van der Waals surface area contributed by atoms with Crippen molar-refractivity contribution in [3.05, 3.63) is 5.89 Å². The maximum Gasteiger partial charge on any atom is 0.318 e. The van der Waals surface area contributed by atoms with Crippen LogP contribution in [0.2, 0.25) is 0 Å². The molecule has 0 spiro atoms. The van der Waals surface area contributed by atoms with Gasteiger partial charge in [-0.2, -0.15) is 0 Å². The second-order valence-electron chi connectivity index (χ2n) is 4.67. The second-order valence-corrected chi connectivity index (χ2v) is 5.05. The second kappa shape index (κ2) is 6.24. The van der Waals surface area contributed by atoms with Crippen LogP contribution in [0, 0.1) is 0 Å². The Morgan fingerprint density at radius 1 is 1.24 bits per heavy atom. The highest BCUT2D eigenvalue weighted by Gasteiger charge is 2.21. The van der Waals surface area contributed by atoms with Crippen molar-refractivity contribution >= 4 is 17.6 Å². The summed E-state index contributed by atoms with van der Waals surface area (Å²) in [6.45, 7) is 0. The van der Waals surface area contributed by atoms with Crippen molar-refractivity contribution in [1.82, 2.24) is 10.2 Å². The summed E-state index contributed by atoms with van der Waals surface area (Å²) < 4.78 is 5.60. The van der Waals surface area contributed by atoms with Crippen LogP contribution in [0.4, 0.5) is 6.01 Å². The third-order valence-electron chi connectivity index (χ3n) is 3.44. The summed E-state index contributed by atoms with van der Waals surface area (Å²) >= 11 is 5.65. The van der Waals surface area contributed by atoms with Gasteiger partial charge in [0.15, 0.2) is 0 Å². The van der Waals surface area contributed by atoms with Crippen LogP contribution in [0.3, 0.4) is 0 Å². The van der Waals surface area contributed by atoms with Crippen LogP contribution in [0.15, 0.2) is 4.42 Å². The largest absolute Gasteiger partial charge is 0.408 e. The molecule has 5 heteroatoms. The zero-order valence-electron chi connectivity index (χ0n) is 10.4. The Hall–Kier alpha value is -0.770. The normalized spacial score (nSPS) is 18.0. The first-order valence-corrected chi connectivity index (χ1v) is 6.96. The number of hydrogen-bond acceptors (Lipinski definition) is 4. The average Bonchev–Trinajstić information content (AvgIpc) is 2.64. The molecule has 1 aliphatic carbocycles. The van der Waals surface area contributed by atoms with Crippen molar-refractivity contribution in [3.8, 4) is 0 Å². The van der Waals surface area contributed by atoms with Crippen LogP contribution in [-0.4, -0.2) is 29.2 Å². The lowest BCUT2D eigenvalue weighted by atomic mass is 10.1. The van der Waals surface area contributed by atoms with Crippen LogP contribution < -0.4 is 4.90 Å². The molecule has 0 aliphatic heterocycles. The van der Waals surface area contributed by atoms with E-state index >= 15 is 0 Å². The number of anilines is 1. The van der Waals surface area contributed by atoms with Gasteiger partial charge in [-0.25, -0.2) is 0 Å². The van der Waals surface area contributed by atoms with Gasteiger partial charge in [0.25, 0.3) is 0 Å². The first kappa shape index (κ1) is 12.7. The summed E-state index contributed by atoms with van der Waals surface area (Å²) in [4.78, 5) is 2.13. The minimum Gasteiger partial charge on any atom is -0.408 e. The van der Waals surface area contributed by atoms with E-state index in [2.05, 4.69) is 15.1 Å². The lowest BCUT2D eigenvalue weighted by Crippen LogP contribution is -2.31. The average molecular weight is 258 g/mol. The molecule has 0 amide bonds. The molecule has 1 heterocycles. The standard InChI is InChI=1S/C12H20ClN3O/c1-16(10-6-4-2-3-5-7-10)12-15-14-11(17-12)8-9-13/h10H,2-9H2,1H3. The van der Waals surface area contributed by atoms with Crippen LogP contribution in [0.25, 0.3) is 0 Å². The SMILES string of the molecule is CN(c1nnc(CCCl)o1)C1CCCCCC1. The highest BCUT2D eigenvalue weighted by molar-refractivity contribution is 6.17. The van der Waals surface area contributed by atoms with E-state index < -0.39 is 0 Å². The topological polar surface area (TPSA) is 42.2 Å². The Morgan fingerprint density at radius 3 is 2.59 bits per heavy atom. The van der Waals surface area contributed by atoms with Gasteiger partial charge in [-0.05, 0) is 12.8 Å². The molecule has 1 fully saturated rings. The fraction of sp³-hybridized carbons (Fsp3) is 0.833. The fourth-order valence-corrected chi connectivity index (χ4v) is 2.53. The van der Waals surface area contributed by atoms with Gasteiger partial charge in [-0.1, -0.05) is 30.8 Å². The van der Waals surface area contributed by atoms with Gasteiger partial charge in [-0.15, -0.1) is 16.7 Å². The summed E-state index contributed by atoms with van der Waals surface area (Å²) in [6.07, 6.45) is 8.41. The van der Waals surface area contributed by atoms with E-state index in [1.54, 1.807) is 0 Å². The molecule has 0 atom stereocenters. The van der Waals surface area contributed by atoms with E-state index in [0.29, 0.717) is 30.2 Å². The molecule has 0 unspecified atom stereocenters. The number of hydrogen-bond donors (Lipinski definition) is 0. The minimum absolute atomic E-state index is 0.523. The Morgan fingerprint density at radius 2 is 1.94 bits per heavy atom. The summed E-state index contributed by atoms with van der Waals surface area (Å²) in [7, 11) is 2.05. The molecule has 2 rings (SSSR count). The number of rotatable bonds is 4. The highest BCUT2D eigenvalue weighted by atomic mass is 35.5. The summed E-state index contributed by atoms with van der Waals surface area (Å²) in [5, 5.41) is 8.09. The Bertz CT molecular complexity index is 334. The molecule has 0 aromatic carbocycles. The third-order valence-corrected chi connectivity index (χ3v) is 3.63. The summed E-state index contributed by atoms with van der Waals surface area (Å²) in [5.74, 6) is 1.16. The molecule has 1 aliphatic rings. The van der Waals surface area contributed by atoms with E-state index in [1.807, 2.05) is 7.05 Å². The molecule has 4 nitrogen and oxygen atoms in total. The molecule has 0 radical (unpaired) electrons. The fourth-order valence-electron chi connectivity index (χ4n) is 2.37. The number of nitrogens with zero attached hydrogens (tertiary/aromatic N) is 3. The number of aromatic nitrogens is 2. The first-order valence-electron chi connectivity index (χ1n) is 6.42. The minimum atomic E-state index is 0.523. The van der Waals surface area contributed by atoms with Crippen LogP contribution in [-0.2, 0) is 6.42 Å². The lowest BCUT2D eigenvalue weighted by molar-refractivity contribution is 0.458. The summed E-state index contributed by atoms with van der Waals surface area (Å²) in [5.41, 5.74) is 0. The van der Waals surface area contributed by atoms with E-state index in [1.165, 1.54) is 38.5 Å². The van der Waals surface area contributed by atoms with Gasteiger partial charge >= 0.3 is 6.01 Å². The third kappa shape index (κ3) is 3.35. The molecule has 0 bridgehead atoms. The van der Waals surface area contributed by atoms with Gasteiger partial charge in [0, 0.05) is 25.4 Å². The van der Waals surface area contributed by atoms with E-state index in [4.69, 9.17) is 16.0 Å². The predicted octanol–water partition coefficient (Wildman–Crippen LogP) is 3.01. The molecule has 0 saturated heterocycles. The Labute approximate surface area is 107 Å². The van der Waals surface area contributed by atoms with Gasteiger partial charge in [0.05, 0.1) is 0 Å². The molecule has 1 saturated carbocycles. The molecule has 96 valence electrons. The molecular weight excluding hydrogens is 238 g/mol. The van der Waals surface area contributed by atoms with Gasteiger partial charge in [-0.3, -0.25) is 0 Å². The van der Waals surface area contributed by atoms with Crippen molar-refractivity contribution in [1.29, 1.82) is 0 Å². The van der Waals surface area contributed by atoms with Gasteiger partial charge in [0.1, 0.15) is 0 Å².